The average molecular weight is 808 g/mol. The van der Waals surface area contributed by atoms with Crippen LogP contribution in [0, 0.1) is 5.41 Å². The van der Waals surface area contributed by atoms with Crippen LogP contribution in [0.1, 0.15) is 288 Å². The number of alkyl carbamates (subject to hydrolysis) is 1. The van der Waals surface area contributed by atoms with Crippen molar-refractivity contribution < 1.29 is 19.0 Å². The molecule has 0 heterocycles. The molecule has 0 saturated carbocycles. The van der Waals surface area contributed by atoms with Gasteiger partial charge in [-0.25, -0.2) is 4.79 Å². The van der Waals surface area contributed by atoms with E-state index in [1.165, 1.54) is 180 Å². The Hall–Kier alpha value is -0.810. The maximum atomic E-state index is 13.5. The molecule has 0 aromatic carbocycles. The molecule has 0 aliphatic rings. The molecule has 0 aliphatic heterocycles. The fourth-order valence-corrected chi connectivity index (χ4v) is 9.04. The Balaban J connectivity index is 4.84. The van der Waals surface area contributed by atoms with E-state index in [0.717, 1.165) is 38.5 Å². The van der Waals surface area contributed by atoms with Crippen LogP contribution in [0.15, 0.2) is 0 Å². The largest absolute Gasteiger partial charge is 0.444 e. The number of ether oxygens (including phenoxy) is 3. The van der Waals surface area contributed by atoms with Gasteiger partial charge < -0.3 is 19.5 Å². The first-order chi connectivity index (χ1) is 27.1. The number of unbranched alkanes of at least 4 members (excludes halogenated alkanes) is 26. The molecular weight excluding hydrogens is 703 g/mol. The number of rotatable bonds is 42. The second kappa shape index (κ2) is 34.9. The molecule has 1 amide bonds. The lowest BCUT2D eigenvalue weighted by Gasteiger charge is -2.41. The normalized spacial score (nSPS) is 13.7. The highest BCUT2D eigenvalue weighted by Gasteiger charge is 2.38. The average Bonchev–Trinajstić information content (AvgIpc) is 3.13. The zero-order valence-electron chi connectivity index (χ0n) is 41.0. The van der Waals surface area contributed by atoms with Gasteiger partial charge in [0.1, 0.15) is 5.60 Å². The summed E-state index contributed by atoms with van der Waals surface area (Å²) in [5, 5.41) is 3.37. The minimum Gasteiger partial charge on any atom is -0.444 e. The standard InChI is InChI=1S/C52H105NO4/c1-12-15-17-19-21-23-25-27-29-31-33-35-37-39-41-47(42-40-38-36-34-32-30-28-26-24-22-20-18-16-13-2)53-48(54)57-51(8,9)46-52(10,14-3)45-50(6,7)56-44-43-49(4,5)55-11/h47H,12-46H2,1-11H3,(H,53,54). The van der Waals surface area contributed by atoms with Crippen molar-refractivity contribution in [3.63, 3.8) is 0 Å². The Bertz CT molecular complexity index is 869. The molecule has 0 aromatic heterocycles. The third kappa shape index (κ3) is 35.6. The van der Waals surface area contributed by atoms with Gasteiger partial charge in [0.05, 0.1) is 17.8 Å². The van der Waals surface area contributed by atoms with Gasteiger partial charge in [-0.2, -0.15) is 0 Å². The molecule has 342 valence electrons. The number of hydrogen-bond donors (Lipinski definition) is 1. The van der Waals surface area contributed by atoms with Gasteiger partial charge in [-0.3, -0.25) is 0 Å². The van der Waals surface area contributed by atoms with Crippen LogP contribution in [-0.2, 0) is 14.2 Å². The zero-order valence-corrected chi connectivity index (χ0v) is 41.0. The minimum atomic E-state index is -0.572. The highest BCUT2D eigenvalue weighted by atomic mass is 16.6. The molecule has 0 bridgehead atoms. The van der Waals surface area contributed by atoms with E-state index in [2.05, 4.69) is 74.6 Å². The lowest BCUT2D eigenvalue weighted by molar-refractivity contribution is -0.0862. The predicted molar refractivity (Wildman–Crippen MR) is 251 cm³/mol. The van der Waals surface area contributed by atoms with Gasteiger partial charge in [0, 0.05) is 13.2 Å². The first kappa shape index (κ1) is 56.2. The fourth-order valence-electron chi connectivity index (χ4n) is 9.04. The maximum absolute atomic E-state index is 13.5. The van der Waals surface area contributed by atoms with Gasteiger partial charge in [-0.15, -0.1) is 0 Å². The molecule has 5 nitrogen and oxygen atoms in total. The van der Waals surface area contributed by atoms with Crippen LogP contribution in [-0.4, -0.2) is 42.7 Å². The highest BCUT2D eigenvalue weighted by Crippen LogP contribution is 2.41. The van der Waals surface area contributed by atoms with Crippen LogP contribution in [0.3, 0.4) is 0 Å². The van der Waals surface area contributed by atoms with E-state index in [1.54, 1.807) is 7.11 Å². The Labute approximate surface area is 358 Å². The fraction of sp³-hybridized carbons (Fsp3) is 0.981. The van der Waals surface area contributed by atoms with Crippen LogP contribution < -0.4 is 5.32 Å². The van der Waals surface area contributed by atoms with Gasteiger partial charge in [-0.1, -0.05) is 214 Å². The van der Waals surface area contributed by atoms with Crippen molar-refractivity contribution in [3.8, 4) is 0 Å². The second-order valence-corrected chi connectivity index (χ2v) is 20.6. The molecule has 5 heteroatoms. The van der Waals surface area contributed by atoms with Crippen molar-refractivity contribution in [2.45, 2.75) is 310 Å². The van der Waals surface area contributed by atoms with Gasteiger partial charge in [0.25, 0.3) is 0 Å². The van der Waals surface area contributed by atoms with Crippen molar-refractivity contribution in [1.82, 2.24) is 5.32 Å². The van der Waals surface area contributed by atoms with Crippen LogP contribution in [0.5, 0.6) is 0 Å². The number of carbonyl (C=O) groups excluding carboxylic acids is 1. The Morgan fingerprint density at radius 2 is 0.807 bits per heavy atom. The van der Waals surface area contributed by atoms with E-state index in [9.17, 15) is 4.79 Å². The summed E-state index contributed by atoms with van der Waals surface area (Å²) in [6, 6.07) is 0.198. The summed E-state index contributed by atoms with van der Waals surface area (Å²) in [6.45, 7) is 22.6. The molecule has 57 heavy (non-hydrogen) atoms. The molecule has 0 saturated heterocycles. The molecule has 1 unspecified atom stereocenters. The van der Waals surface area contributed by atoms with Crippen molar-refractivity contribution in [2.75, 3.05) is 13.7 Å². The predicted octanol–water partition coefficient (Wildman–Crippen LogP) is 17.4. The molecule has 0 aliphatic carbocycles. The van der Waals surface area contributed by atoms with Crippen LogP contribution in [0.2, 0.25) is 0 Å². The second-order valence-electron chi connectivity index (χ2n) is 20.6. The van der Waals surface area contributed by atoms with E-state index in [1.807, 2.05) is 0 Å². The molecule has 1 atom stereocenters. The summed E-state index contributed by atoms with van der Waals surface area (Å²) in [4.78, 5) is 13.5. The molecular formula is C52H105NO4. The monoisotopic (exact) mass is 808 g/mol. The quantitative estimate of drug-likeness (QED) is 0.0624. The van der Waals surface area contributed by atoms with E-state index < -0.39 is 5.60 Å². The van der Waals surface area contributed by atoms with Gasteiger partial charge in [-0.05, 0) is 79.1 Å². The minimum absolute atomic E-state index is 0.0219. The van der Waals surface area contributed by atoms with Crippen molar-refractivity contribution in [2.24, 2.45) is 5.41 Å². The summed E-state index contributed by atoms with van der Waals surface area (Å²) in [7, 11) is 1.76. The maximum Gasteiger partial charge on any atom is 0.407 e. The van der Waals surface area contributed by atoms with Crippen molar-refractivity contribution in [1.29, 1.82) is 0 Å². The van der Waals surface area contributed by atoms with Gasteiger partial charge in [0.2, 0.25) is 0 Å². The molecule has 0 rings (SSSR count). The van der Waals surface area contributed by atoms with E-state index in [-0.39, 0.29) is 28.8 Å². The number of nitrogens with one attached hydrogen (secondary N) is 1. The van der Waals surface area contributed by atoms with Crippen LogP contribution >= 0.6 is 0 Å². The Morgan fingerprint density at radius 1 is 0.474 bits per heavy atom. The van der Waals surface area contributed by atoms with E-state index >= 15 is 0 Å². The summed E-state index contributed by atoms with van der Waals surface area (Å²) in [6.07, 6.45) is 43.8. The number of carbonyl (C=O) groups is 1. The van der Waals surface area contributed by atoms with Gasteiger partial charge in [0.15, 0.2) is 0 Å². The number of hydrogen-bond acceptors (Lipinski definition) is 4. The molecule has 0 radical (unpaired) electrons. The zero-order chi connectivity index (χ0) is 42.7. The summed E-state index contributed by atoms with van der Waals surface area (Å²) >= 11 is 0. The number of methoxy groups -OCH3 is 1. The highest BCUT2D eigenvalue weighted by molar-refractivity contribution is 5.68. The first-order valence-corrected chi connectivity index (χ1v) is 25.3. The lowest BCUT2D eigenvalue weighted by Crippen LogP contribution is -2.43. The van der Waals surface area contributed by atoms with E-state index in [4.69, 9.17) is 14.2 Å². The third-order valence-corrected chi connectivity index (χ3v) is 12.8. The third-order valence-electron chi connectivity index (χ3n) is 12.8. The molecule has 0 spiro atoms. The summed E-state index contributed by atoms with van der Waals surface area (Å²) in [5.74, 6) is 0. The molecule has 0 aromatic rings. The SMILES string of the molecule is CCCCCCCCCCCCCCCCC(CCCCCCCCCCCCCCCC)NC(=O)OC(C)(C)CC(C)(CC)CC(C)(C)OCCC(C)(C)OC. The van der Waals surface area contributed by atoms with Gasteiger partial charge >= 0.3 is 6.09 Å². The van der Waals surface area contributed by atoms with E-state index in [0.29, 0.717) is 6.61 Å². The molecule has 1 N–H and O–H groups in total. The van der Waals surface area contributed by atoms with Crippen molar-refractivity contribution >= 4 is 6.09 Å². The van der Waals surface area contributed by atoms with Crippen LogP contribution in [0.4, 0.5) is 4.79 Å². The van der Waals surface area contributed by atoms with Crippen LogP contribution in [0.25, 0.3) is 0 Å². The number of amides is 1. The van der Waals surface area contributed by atoms with Crippen molar-refractivity contribution in [3.05, 3.63) is 0 Å². The topological polar surface area (TPSA) is 56.8 Å². The summed E-state index contributed by atoms with van der Waals surface area (Å²) in [5.41, 5.74) is -1.06. The Kier molecular flexibility index (Phi) is 34.4. The smallest absolute Gasteiger partial charge is 0.407 e. The first-order valence-electron chi connectivity index (χ1n) is 25.3. The Morgan fingerprint density at radius 3 is 1.14 bits per heavy atom. The lowest BCUT2D eigenvalue weighted by atomic mass is 9.71. The molecule has 0 fully saturated rings. The summed E-state index contributed by atoms with van der Waals surface area (Å²) < 4.78 is 18.3.